The second-order valence-electron chi connectivity index (χ2n) is 5.90. The number of rotatable bonds is 3. The van der Waals surface area contributed by atoms with Gasteiger partial charge in [-0.05, 0) is 51.3 Å². The van der Waals surface area contributed by atoms with Crippen LogP contribution in [0.5, 0.6) is 5.88 Å². The van der Waals surface area contributed by atoms with Gasteiger partial charge in [-0.15, -0.1) is 0 Å². The lowest BCUT2D eigenvalue weighted by Gasteiger charge is -2.12. The van der Waals surface area contributed by atoms with E-state index in [1.807, 2.05) is 39.0 Å². The van der Waals surface area contributed by atoms with Crippen LogP contribution in [0.15, 0.2) is 21.9 Å². The smallest absolute Gasteiger partial charge is 0.271 e. The molecule has 0 aliphatic heterocycles. The average molecular weight is 323 g/mol. The van der Waals surface area contributed by atoms with Crippen molar-refractivity contribution in [1.29, 1.82) is 5.26 Å². The van der Waals surface area contributed by atoms with Gasteiger partial charge in [0, 0.05) is 12.8 Å². The van der Waals surface area contributed by atoms with E-state index in [9.17, 15) is 15.2 Å². The van der Waals surface area contributed by atoms with Crippen molar-refractivity contribution in [3.05, 3.63) is 55.9 Å². The highest BCUT2D eigenvalue weighted by Crippen LogP contribution is 2.26. The molecule has 0 amide bonds. The van der Waals surface area contributed by atoms with Crippen LogP contribution < -0.4 is 5.56 Å². The Kier molecular flexibility index (Phi) is 4.89. The molecule has 0 saturated heterocycles. The van der Waals surface area contributed by atoms with Crippen LogP contribution in [0.1, 0.15) is 40.3 Å². The molecule has 1 aromatic carbocycles. The molecule has 0 bridgehead atoms. The van der Waals surface area contributed by atoms with Gasteiger partial charge in [-0.3, -0.25) is 14.4 Å². The number of pyridine rings is 1. The number of aromatic hydroxyl groups is 1. The SMILES string of the molecule is CCn1c(O)c(C=Nc2c(C)cc(C)cc2C)c(C)c(C#N)c1=O. The fourth-order valence-electron chi connectivity index (χ4n) is 2.92. The van der Waals surface area contributed by atoms with E-state index in [0.717, 1.165) is 22.4 Å². The third-order valence-corrected chi connectivity index (χ3v) is 4.12. The zero-order valence-corrected chi connectivity index (χ0v) is 14.6. The summed E-state index contributed by atoms with van der Waals surface area (Å²) in [7, 11) is 0. The summed E-state index contributed by atoms with van der Waals surface area (Å²) in [6, 6.07) is 6.01. The molecule has 2 rings (SSSR count). The molecule has 0 atom stereocenters. The van der Waals surface area contributed by atoms with Gasteiger partial charge >= 0.3 is 0 Å². The summed E-state index contributed by atoms with van der Waals surface area (Å²) in [6.45, 7) is 9.66. The largest absolute Gasteiger partial charge is 0.494 e. The molecule has 0 aliphatic carbocycles. The van der Waals surface area contributed by atoms with Crippen LogP contribution in [-0.2, 0) is 6.54 Å². The van der Waals surface area contributed by atoms with Gasteiger partial charge < -0.3 is 5.11 Å². The third-order valence-electron chi connectivity index (χ3n) is 4.12. The summed E-state index contributed by atoms with van der Waals surface area (Å²) in [5.74, 6) is -0.162. The molecule has 0 fully saturated rings. The predicted molar refractivity (Wildman–Crippen MR) is 95.4 cm³/mol. The quantitative estimate of drug-likeness (QED) is 0.879. The minimum absolute atomic E-state index is 0.0356. The molecule has 124 valence electrons. The molecule has 0 saturated carbocycles. The summed E-state index contributed by atoms with van der Waals surface area (Å²) in [5.41, 5.74) is 4.45. The van der Waals surface area contributed by atoms with Crippen LogP contribution >= 0.6 is 0 Å². The lowest BCUT2D eigenvalue weighted by Crippen LogP contribution is -2.24. The number of benzene rings is 1. The first-order valence-corrected chi connectivity index (χ1v) is 7.80. The van der Waals surface area contributed by atoms with Gasteiger partial charge in [0.1, 0.15) is 11.6 Å². The van der Waals surface area contributed by atoms with Gasteiger partial charge in [0.05, 0.1) is 11.3 Å². The van der Waals surface area contributed by atoms with Crippen molar-refractivity contribution in [2.24, 2.45) is 4.99 Å². The van der Waals surface area contributed by atoms with Gasteiger partial charge in [0.25, 0.3) is 5.56 Å². The zero-order valence-electron chi connectivity index (χ0n) is 14.6. The second-order valence-corrected chi connectivity index (χ2v) is 5.90. The van der Waals surface area contributed by atoms with Crippen molar-refractivity contribution in [3.63, 3.8) is 0 Å². The van der Waals surface area contributed by atoms with Gasteiger partial charge in [-0.25, -0.2) is 0 Å². The van der Waals surface area contributed by atoms with Crippen LogP contribution in [0, 0.1) is 39.0 Å². The minimum atomic E-state index is -0.477. The zero-order chi connectivity index (χ0) is 18.0. The number of hydrogen-bond acceptors (Lipinski definition) is 4. The monoisotopic (exact) mass is 323 g/mol. The van der Waals surface area contributed by atoms with Crippen LogP contribution in [0.25, 0.3) is 0 Å². The summed E-state index contributed by atoms with van der Waals surface area (Å²) in [4.78, 5) is 16.7. The molecule has 0 aliphatic rings. The Morgan fingerprint density at radius 1 is 1.25 bits per heavy atom. The van der Waals surface area contributed by atoms with Gasteiger partial charge in [0.2, 0.25) is 5.88 Å². The predicted octanol–water partition coefficient (Wildman–Crippen LogP) is 3.43. The number of aryl methyl sites for hydroxylation is 3. The summed E-state index contributed by atoms with van der Waals surface area (Å²) < 4.78 is 1.18. The van der Waals surface area contributed by atoms with Crippen molar-refractivity contribution in [2.75, 3.05) is 0 Å². The summed E-state index contributed by atoms with van der Waals surface area (Å²) >= 11 is 0. The highest BCUT2D eigenvalue weighted by Gasteiger charge is 2.17. The van der Waals surface area contributed by atoms with Crippen LogP contribution in [-0.4, -0.2) is 15.9 Å². The molecular weight excluding hydrogens is 302 g/mol. The van der Waals surface area contributed by atoms with E-state index in [0.29, 0.717) is 11.1 Å². The Morgan fingerprint density at radius 2 is 1.83 bits per heavy atom. The highest BCUT2D eigenvalue weighted by molar-refractivity contribution is 5.88. The van der Waals surface area contributed by atoms with Crippen molar-refractivity contribution in [1.82, 2.24) is 4.57 Å². The van der Waals surface area contributed by atoms with Crippen molar-refractivity contribution in [3.8, 4) is 11.9 Å². The van der Waals surface area contributed by atoms with Crippen molar-refractivity contribution >= 4 is 11.9 Å². The Balaban J connectivity index is 2.67. The summed E-state index contributed by atoms with van der Waals surface area (Å²) in [5, 5.41) is 19.6. The molecule has 5 nitrogen and oxygen atoms in total. The molecule has 0 unspecified atom stereocenters. The van der Waals surface area contributed by atoms with Gasteiger partial charge in [-0.1, -0.05) is 17.7 Å². The van der Waals surface area contributed by atoms with E-state index in [1.54, 1.807) is 13.8 Å². The van der Waals surface area contributed by atoms with E-state index < -0.39 is 5.56 Å². The molecular formula is C19H21N3O2. The van der Waals surface area contributed by atoms with Crippen LogP contribution in [0.4, 0.5) is 5.69 Å². The molecule has 1 heterocycles. The fourth-order valence-corrected chi connectivity index (χ4v) is 2.92. The molecule has 0 spiro atoms. The van der Waals surface area contributed by atoms with Gasteiger partial charge in [-0.2, -0.15) is 5.26 Å². The lowest BCUT2D eigenvalue weighted by atomic mass is 10.0. The highest BCUT2D eigenvalue weighted by atomic mass is 16.3. The standard InChI is InChI=1S/C19H21N3O2/c1-6-22-18(23)15(9-20)14(5)16(19(22)24)10-21-17-12(3)7-11(2)8-13(17)4/h7-8,10,24H,6H2,1-5H3. The fraction of sp³-hybridized carbons (Fsp3) is 0.316. The topological polar surface area (TPSA) is 78.4 Å². The van der Waals surface area contributed by atoms with E-state index in [2.05, 4.69) is 4.99 Å². The first-order valence-electron chi connectivity index (χ1n) is 7.80. The summed E-state index contributed by atoms with van der Waals surface area (Å²) in [6.07, 6.45) is 1.53. The minimum Gasteiger partial charge on any atom is -0.494 e. The van der Waals surface area contributed by atoms with E-state index in [4.69, 9.17) is 0 Å². The molecule has 24 heavy (non-hydrogen) atoms. The second kappa shape index (κ2) is 6.71. The maximum atomic E-state index is 12.2. The Bertz CT molecular complexity index is 908. The van der Waals surface area contributed by atoms with Crippen molar-refractivity contribution < 1.29 is 5.11 Å². The maximum absolute atomic E-state index is 12.2. The molecule has 2 aromatic rings. The van der Waals surface area contributed by atoms with Crippen LogP contribution in [0.3, 0.4) is 0 Å². The molecule has 1 N–H and O–H groups in total. The number of hydrogen-bond donors (Lipinski definition) is 1. The normalized spacial score (nSPS) is 11.0. The van der Waals surface area contributed by atoms with Crippen molar-refractivity contribution in [2.45, 2.75) is 41.2 Å². The molecule has 1 aromatic heterocycles. The van der Waals surface area contributed by atoms with E-state index in [-0.39, 0.29) is 18.0 Å². The first-order chi connectivity index (χ1) is 11.3. The lowest BCUT2D eigenvalue weighted by molar-refractivity contribution is 0.409. The van der Waals surface area contributed by atoms with E-state index in [1.165, 1.54) is 10.8 Å². The molecule has 5 heteroatoms. The number of aliphatic imine (C=N–C) groups is 1. The number of nitriles is 1. The van der Waals surface area contributed by atoms with Crippen LogP contribution in [0.2, 0.25) is 0 Å². The van der Waals surface area contributed by atoms with E-state index >= 15 is 0 Å². The Hall–Kier alpha value is -2.87. The van der Waals surface area contributed by atoms with Gasteiger partial charge in [0.15, 0.2) is 0 Å². The third kappa shape index (κ3) is 2.95. The maximum Gasteiger partial charge on any atom is 0.271 e. The molecule has 0 radical (unpaired) electrons. The average Bonchev–Trinajstić information content (AvgIpc) is 2.50. The first kappa shape index (κ1) is 17.5. The Labute approximate surface area is 141 Å². The number of nitrogens with zero attached hydrogens (tertiary/aromatic N) is 3. The Morgan fingerprint density at radius 3 is 2.33 bits per heavy atom. The number of aromatic nitrogens is 1.